The second-order valence-electron chi connectivity index (χ2n) is 5.38. The minimum Gasteiger partial charge on any atom is -0.459 e. The zero-order valence-corrected chi connectivity index (χ0v) is 12.6. The summed E-state index contributed by atoms with van der Waals surface area (Å²) in [6.07, 6.45) is 2.95. The molecule has 0 atom stereocenters. The lowest BCUT2D eigenvalue weighted by Gasteiger charge is -2.21. The van der Waals surface area contributed by atoms with Gasteiger partial charge in [0.15, 0.2) is 5.76 Å². The highest BCUT2D eigenvalue weighted by Crippen LogP contribution is 2.19. The Kier molecular flexibility index (Phi) is 4.73. The van der Waals surface area contributed by atoms with Crippen molar-refractivity contribution in [2.45, 2.75) is 12.8 Å². The van der Waals surface area contributed by atoms with Crippen LogP contribution in [0.15, 0.2) is 47.1 Å². The molecule has 0 radical (unpaired) electrons. The topological polar surface area (TPSA) is 80.6 Å². The molecule has 23 heavy (non-hydrogen) atoms. The summed E-state index contributed by atoms with van der Waals surface area (Å²) in [4.78, 5) is 24.0. The minimum absolute atomic E-state index is 0.00193. The molecule has 6 nitrogen and oxygen atoms in total. The third-order valence-electron chi connectivity index (χ3n) is 3.75. The molecular formula is C17H18N2O4. The maximum absolute atomic E-state index is 12.1. The lowest BCUT2D eigenvalue weighted by atomic mass is 9.99. The molecule has 2 amide bonds. The molecule has 2 N–H and O–H groups in total. The van der Waals surface area contributed by atoms with E-state index in [2.05, 4.69) is 10.6 Å². The summed E-state index contributed by atoms with van der Waals surface area (Å²) >= 11 is 0. The molecule has 6 heteroatoms. The molecule has 0 bridgehead atoms. The first-order valence-corrected chi connectivity index (χ1v) is 7.56. The molecule has 0 spiro atoms. The molecule has 0 saturated carbocycles. The van der Waals surface area contributed by atoms with Crippen LogP contribution in [0.25, 0.3) is 0 Å². The van der Waals surface area contributed by atoms with Gasteiger partial charge in [-0.05, 0) is 49.2 Å². The number of nitrogens with one attached hydrogen (secondary N) is 2. The van der Waals surface area contributed by atoms with Crippen LogP contribution in [-0.4, -0.2) is 25.0 Å². The predicted octanol–water partition coefficient (Wildman–Crippen LogP) is 2.90. The first-order chi connectivity index (χ1) is 11.2. The van der Waals surface area contributed by atoms with Crippen LogP contribution in [0.2, 0.25) is 0 Å². The highest BCUT2D eigenvalue weighted by Gasteiger charge is 2.21. The van der Waals surface area contributed by atoms with Gasteiger partial charge in [-0.3, -0.25) is 9.59 Å². The quantitative estimate of drug-likeness (QED) is 0.909. The molecule has 120 valence electrons. The van der Waals surface area contributed by atoms with E-state index in [0.717, 1.165) is 12.8 Å². The number of anilines is 2. The second kappa shape index (κ2) is 7.11. The van der Waals surface area contributed by atoms with Crippen molar-refractivity contribution >= 4 is 23.2 Å². The summed E-state index contributed by atoms with van der Waals surface area (Å²) in [7, 11) is 0. The van der Waals surface area contributed by atoms with Crippen LogP contribution in [-0.2, 0) is 9.53 Å². The number of carbonyl (C=O) groups is 2. The molecule has 2 aromatic rings. The van der Waals surface area contributed by atoms with Crippen LogP contribution in [0.5, 0.6) is 0 Å². The normalized spacial score (nSPS) is 15.1. The van der Waals surface area contributed by atoms with E-state index in [1.165, 1.54) is 6.26 Å². The van der Waals surface area contributed by atoms with Crippen molar-refractivity contribution in [3.05, 3.63) is 48.4 Å². The van der Waals surface area contributed by atoms with E-state index in [9.17, 15) is 9.59 Å². The van der Waals surface area contributed by atoms with Crippen molar-refractivity contribution in [2.75, 3.05) is 23.8 Å². The fourth-order valence-corrected chi connectivity index (χ4v) is 2.44. The summed E-state index contributed by atoms with van der Waals surface area (Å²) in [6.45, 7) is 1.27. The molecule has 1 aromatic heterocycles. The summed E-state index contributed by atoms with van der Waals surface area (Å²) in [5.41, 5.74) is 1.34. The van der Waals surface area contributed by atoms with E-state index < -0.39 is 0 Å². The van der Waals surface area contributed by atoms with Crippen molar-refractivity contribution < 1.29 is 18.7 Å². The third kappa shape index (κ3) is 3.98. The number of benzene rings is 1. The van der Waals surface area contributed by atoms with E-state index in [0.29, 0.717) is 24.6 Å². The lowest BCUT2D eigenvalue weighted by molar-refractivity contribution is -0.122. The molecular weight excluding hydrogens is 296 g/mol. The van der Waals surface area contributed by atoms with Gasteiger partial charge in [0.05, 0.1) is 6.26 Å². The largest absolute Gasteiger partial charge is 0.459 e. The Morgan fingerprint density at radius 3 is 2.22 bits per heavy atom. The minimum atomic E-state index is -0.311. The Balaban J connectivity index is 1.56. The van der Waals surface area contributed by atoms with Crippen molar-refractivity contribution in [1.29, 1.82) is 0 Å². The van der Waals surface area contributed by atoms with Crippen LogP contribution in [0.3, 0.4) is 0 Å². The number of carbonyl (C=O) groups excluding carboxylic acids is 2. The van der Waals surface area contributed by atoms with E-state index in [1.54, 1.807) is 36.4 Å². The van der Waals surface area contributed by atoms with Gasteiger partial charge in [0.25, 0.3) is 5.91 Å². The maximum atomic E-state index is 12.1. The van der Waals surface area contributed by atoms with Crippen molar-refractivity contribution in [1.82, 2.24) is 0 Å². The van der Waals surface area contributed by atoms with Gasteiger partial charge >= 0.3 is 0 Å². The van der Waals surface area contributed by atoms with Gasteiger partial charge in [0.2, 0.25) is 5.91 Å². The Hall–Kier alpha value is -2.60. The van der Waals surface area contributed by atoms with E-state index in [1.807, 2.05) is 0 Å². The zero-order chi connectivity index (χ0) is 16.1. The van der Waals surface area contributed by atoms with E-state index in [-0.39, 0.29) is 23.5 Å². The average molecular weight is 314 g/mol. The van der Waals surface area contributed by atoms with Crippen molar-refractivity contribution in [2.24, 2.45) is 5.92 Å². The second-order valence-corrected chi connectivity index (χ2v) is 5.38. The first-order valence-electron chi connectivity index (χ1n) is 7.56. The fraction of sp³-hybridized carbons (Fsp3) is 0.294. The van der Waals surface area contributed by atoms with Gasteiger partial charge in [-0.2, -0.15) is 0 Å². The maximum Gasteiger partial charge on any atom is 0.291 e. The van der Waals surface area contributed by atoms with Gasteiger partial charge in [0, 0.05) is 30.5 Å². The SMILES string of the molecule is O=C(Nc1ccc(NC(=O)C2CCOCC2)cc1)c1ccco1. The van der Waals surface area contributed by atoms with Gasteiger partial charge in [-0.15, -0.1) is 0 Å². The van der Waals surface area contributed by atoms with Gasteiger partial charge in [-0.25, -0.2) is 0 Å². The third-order valence-corrected chi connectivity index (χ3v) is 3.75. The molecule has 0 unspecified atom stereocenters. The lowest BCUT2D eigenvalue weighted by Crippen LogP contribution is -2.28. The smallest absolute Gasteiger partial charge is 0.291 e. The molecule has 1 fully saturated rings. The Morgan fingerprint density at radius 1 is 0.957 bits per heavy atom. The highest BCUT2D eigenvalue weighted by atomic mass is 16.5. The summed E-state index contributed by atoms with van der Waals surface area (Å²) in [5.74, 6) is -0.0429. The van der Waals surface area contributed by atoms with Gasteiger partial charge in [-0.1, -0.05) is 0 Å². The number of rotatable bonds is 4. The summed E-state index contributed by atoms with van der Waals surface area (Å²) in [6, 6.07) is 10.2. The number of hydrogen-bond donors (Lipinski definition) is 2. The van der Waals surface area contributed by atoms with Crippen LogP contribution in [0.1, 0.15) is 23.4 Å². The molecule has 1 saturated heterocycles. The zero-order valence-electron chi connectivity index (χ0n) is 12.6. The van der Waals surface area contributed by atoms with Crippen LogP contribution < -0.4 is 10.6 Å². The molecule has 1 aromatic carbocycles. The summed E-state index contributed by atoms with van der Waals surface area (Å²) in [5, 5.41) is 5.62. The Bertz CT molecular complexity index is 658. The predicted molar refractivity (Wildman–Crippen MR) is 85.3 cm³/mol. The fourth-order valence-electron chi connectivity index (χ4n) is 2.44. The van der Waals surface area contributed by atoms with Gasteiger partial charge in [0.1, 0.15) is 0 Å². The molecule has 0 aliphatic carbocycles. The Labute approximate surface area is 133 Å². The standard InChI is InChI=1S/C17H18N2O4/c20-16(12-7-10-22-11-8-12)18-13-3-5-14(6-4-13)19-17(21)15-2-1-9-23-15/h1-6,9,12H,7-8,10-11H2,(H,18,20)(H,19,21). The average Bonchev–Trinajstić information content (AvgIpc) is 3.12. The highest BCUT2D eigenvalue weighted by molar-refractivity contribution is 6.02. The van der Waals surface area contributed by atoms with Crippen LogP contribution in [0.4, 0.5) is 11.4 Å². The van der Waals surface area contributed by atoms with Gasteiger partial charge < -0.3 is 19.8 Å². The first kappa shape index (κ1) is 15.3. The van der Waals surface area contributed by atoms with Crippen molar-refractivity contribution in [3.63, 3.8) is 0 Å². The number of amides is 2. The van der Waals surface area contributed by atoms with E-state index in [4.69, 9.17) is 9.15 Å². The number of hydrogen-bond acceptors (Lipinski definition) is 4. The number of ether oxygens (including phenoxy) is 1. The van der Waals surface area contributed by atoms with Crippen LogP contribution >= 0.6 is 0 Å². The molecule has 1 aliphatic heterocycles. The Morgan fingerprint density at radius 2 is 1.61 bits per heavy atom. The number of furan rings is 1. The van der Waals surface area contributed by atoms with Crippen molar-refractivity contribution in [3.8, 4) is 0 Å². The monoisotopic (exact) mass is 314 g/mol. The summed E-state index contributed by atoms with van der Waals surface area (Å²) < 4.78 is 10.3. The van der Waals surface area contributed by atoms with E-state index >= 15 is 0 Å². The molecule has 2 heterocycles. The molecule has 3 rings (SSSR count). The van der Waals surface area contributed by atoms with Crippen LogP contribution in [0, 0.1) is 5.92 Å². The molecule has 1 aliphatic rings.